The Morgan fingerprint density at radius 3 is 2.81 bits per heavy atom. The summed E-state index contributed by atoms with van der Waals surface area (Å²) in [6, 6.07) is 12.1. The van der Waals surface area contributed by atoms with Gasteiger partial charge in [-0.2, -0.15) is 5.10 Å². The standard InChI is InChI=1S/C22H21N7O2/c1-13-11-23-22(27-18-8-9-24-29(18)2)28-19(13)17-12-31-21(26-17)20(30)25-16-10-15(16)14-6-4-3-5-7-14/h3-9,11-12,15-16H,10H2,1-2H3,(H,25,30)(H,23,27,28)/t15-,16+/m0/s1. The molecule has 31 heavy (non-hydrogen) atoms. The van der Waals surface area contributed by atoms with E-state index in [0.717, 1.165) is 17.8 Å². The van der Waals surface area contributed by atoms with Gasteiger partial charge in [-0.05, 0) is 24.5 Å². The van der Waals surface area contributed by atoms with Gasteiger partial charge in [0.1, 0.15) is 23.5 Å². The van der Waals surface area contributed by atoms with Crippen molar-refractivity contribution in [2.45, 2.75) is 25.3 Å². The van der Waals surface area contributed by atoms with E-state index in [9.17, 15) is 4.79 Å². The molecule has 1 aromatic carbocycles. The van der Waals surface area contributed by atoms with Crippen LogP contribution in [0.15, 0.2) is 59.5 Å². The van der Waals surface area contributed by atoms with Crippen LogP contribution in [0.3, 0.4) is 0 Å². The van der Waals surface area contributed by atoms with E-state index in [1.807, 2.05) is 38.2 Å². The molecular formula is C22H21N7O2. The van der Waals surface area contributed by atoms with Gasteiger partial charge in [-0.25, -0.2) is 15.0 Å². The third-order valence-corrected chi connectivity index (χ3v) is 5.31. The molecule has 156 valence electrons. The Morgan fingerprint density at radius 1 is 1.19 bits per heavy atom. The lowest BCUT2D eigenvalue weighted by Gasteiger charge is -2.07. The zero-order chi connectivity index (χ0) is 21.4. The summed E-state index contributed by atoms with van der Waals surface area (Å²) < 4.78 is 7.13. The summed E-state index contributed by atoms with van der Waals surface area (Å²) in [6.45, 7) is 1.88. The first-order valence-electron chi connectivity index (χ1n) is 9.99. The van der Waals surface area contributed by atoms with Crippen molar-refractivity contribution in [3.05, 3.63) is 72.1 Å². The monoisotopic (exact) mass is 415 g/mol. The van der Waals surface area contributed by atoms with Gasteiger partial charge < -0.3 is 15.1 Å². The third-order valence-electron chi connectivity index (χ3n) is 5.31. The molecule has 5 rings (SSSR count). The van der Waals surface area contributed by atoms with Crippen molar-refractivity contribution in [1.82, 2.24) is 30.0 Å². The summed E-state index contributed by atoms with van der Waals surface area (Å²) in [5, 5.41) is 10.2. The lowest BCUT2D eigenvalue weighted by Crippen LogP contribution is -2.26. The second-order valence-corrected chi connectivity index (χ2v) is 7.56. The molecule has 1 aliphatic rings. The Morgan fingerprint density at radius 2 is 2.03 bits per heavy atom. The molecule has 0 spiro atoms. The van der Waals surface area contributed by atoms with E-state index >= 15 is 0 Å². The second-order valence-electron chi connectivity index (χ2n) is 7.56. The number of oxazole rings is 1. The summed E-state index contributed by atoms with van der Waals surface area (Å²) in [7, 11) is 1.82. The zero-order valence-corrected chi connectivity index (χ0v) is 17.1. The number of rotatable bonds is 6. The molecule has 0 radical (unpaired) electrons. The van der Waals surface area contributed by atoms with Crippen molar-refractivity contribution < 1.29 is 9.21 Å². The van der Waals surface area contributed by atoms with E-state index in [-0.39, 0.29) is 17.8 Å². The van der Waals surface area contributed by atoms with Crippen LogP contribution >= 0.6 is 0 Å². The number of nitrogens with one attached hydrogen (secondary N) is 2. The quantitative estimate of drug-likeness (QED) is 0.497. The first-order valence-corrected chi connectivity index (χ1v) is 9.99. The normalized spacial score (nSPS) is 17.4. The summed E-state index contributed by atoms with van der Waals surface area (Å²) in [4.78, 5) is 25.8. The number of carbonyl (C=O) groups excluding carboxylic acids is 1. The number of hydrogen-bond donors (Lipinski definition) is 2. The van der Waals surface area contributed by atoms with Crippen molar-refractivity contribution in [3.63, 3.8) is 0 Å². The van der Waals surface area contributed by atoms with E-state index in [2.05, 4.69) is 42.8 Å². The average Bonchev–Trinajstić information content (AvgIpc) is 3.16. The van der Waals surface area contributed by atoms with Crippen molar-refractivity contribution in [3.8, 4) is 11.4 Å². The molecule has 1 fully saturated rings. The van der Waals surface area contributed by atoms with Crippen LogP contribution in [0.1, 0.15) is 34.2 Å². The highest BCUT2D eigenvalue weighted by molar-refractivity contribution is 5.90. The highest BCUT2D eigenvalue weighted by Gasteiger charge is 2.40. The van der Waals surface area contributed by atoms with Gasteiger partial charge in [-0.3, -0.25) is 9.48 Å². The van der Waals surface area contributed by atoms with Gasteiger partial charge in [0, 0.05) is 31.3 Å². The van der Waals surface area contributed by atoms with Crippen LogP contribution in [-0.4, -0.2) is 36.7 Å². The maximum absolute atomic E-state index is 12.6. The predicted octanol–water partition coefficient (Wildman–Crippen LogP) is 3.20. The molecule has 0 unspecified atom stereocenters. The molecule has 1 saturated carbocycles. The molecule has 3 heterocycles. The minimum atomic E-state index is -0.324. The van der Waals surface area contributed by atoms with Crippen molar-refractivity contribution in [2.75, 3.05) is 5.32 Å². The van der Waals surface area contributed by atoms with Crippen molar-refractivity contribution >= 4 is 17.7 Å². The smallest absolute Gasteiger partial charge is 0.307 e. The summed E-state index contributed by atoms with van der Waals surface area (Å²) in [5.74, 6) is 1.20. The van der Waals surface area contributed by atoms with Crippen LogP contribution in [0, 0.1) is 6.92 Å². The Hall–Kier alpha value is -4.01. The number of anilines is 2. The molecule has 1 aliphatic carbocycles. The minimum absolute atomic E-state index is 0.0212. The number of carbonyl (C=O) groups is 1. The molecule has 0 saturated heterocycles. The third kappa shape index (κ3) is 3.89. The van der Waals surface area contributed by atoms with Crippen molar-refractivity contribution in [1.29, 1.82) is 0 Å². The fraction of sp³-hybridized carbons (Fsp3) is 0.227. The second kappa shape index (κ2) is 7.67. The molecule has 9 heteroatoms. The number of aryl methyl sites for hydroxylation is 2. The van der Waals surface area contributed by atoms with Gasteiger partial charge in [0.15, 0.2) is 0 Å². The van der Waals surface area contributed by atoms with Crippen LogP contribution in [0.5, 0.6) is 0 Å². The van der Waals surface area contributed by atoms with E-state index in [1.165, 1.54) is 11.8 Å². The maximum atomic E-state index is 12.6. The fourth-order valence-corrected chi connectivity index (χ4v) is 3.51. The molecule has 9 nitrogen and oxygen atoms in total. The lowest BCUT2D eigenvalue weighted by molar-refractivity contribution is 0.0915. The summed E-state index contributed by atoms with van der Waals surface area (Å²) >= 11 is 0. The molecule has 0 bridgehead atoms. The number of amides is 1. The molecular weight excluding hydrogens is 394 g/mol. The molecule has 4 aromatic rings. The molecule has 0 aliphatic heterocycles. The van der Waals surface area contributed by atoms with Crippen LogP contribution < -0.4 is 10.6 Å². The van der Waals surface area contributed by atoms with Gasteiger partial charge in [-0.15, -0.1) is 0 Å². The molecule has 2 N–H and O–H groups in total. The van der Waals surface area contributed by atoms with Crippen molar-refractivity contribution in [2.24, 2.45) is 7.05 Å². The van der Waals surface area contributed by atoms with E-state index in [0.29, 0.717) is 23.3 Å². The minimum Gasteiger partial charge on any atom is -0.440 e. The molecule has 1 amide bonds. The Labute approximate surface area is 178 Å². The van der Waals surface area contributed by atoms with Crippen LogP contribution in [0.2, 0.25) is 0 Å². The highest BCUT2D eigenvalue weighted by atomic mass is 16.4. The summed E-state index contributed by atoms with van der Waals surface area (Å²) in [5.41, 5.74) is 3.12. The van der Waals surface area contributed by atoms with Crippen LogP contribution in [0.4, 0.5) is 11.8 Å². The van der Waals surface area contributed by atoms with Gasteiger partial charge in [0.25, 0.3) is 5.89 Å². The molecule has 2 atom stereocenters. The topological polar surface area (TPSA) is 111 Å². The fourth-order valence-electron chi connectivity index (χ4n) is 3.51. The molecule has 3 aromatic heterocycles. The highest BCUT2D eigenvalue weighted by Crippen LogP contribution is 2.40. The summed E-state index contributed by atoms with van der Waals surface area (Å²) in [6.07, 6.45) is 5.74. The largest absolute Gasteiger partial charge is 0.440 e. The Kier molecular flexibility index (Phi) is 4.70. The van der Waals surface area contributed by atoms with Gasteiger partial charge in [0.05, 0.1) is 6.20 Å². The Bertz CT molecular complexity index is 1230. The number of nitrogens with zero attached hydrogens (tertiary/aromatic N) is 5. The van der Waals surface area contributed by atoms with E-state index in [4.69, 9.17) is 4.42 Å². The number of hydrogen-bond acceptors (Lipinski definition) is 7. The van der Waals surface area contributed by atoms with Gasteiger partial charge in [-0.1, -0.05) is 30.3 Å². The van der Waals surface area contributed by atoms with Gasteiger partial charge >= 0.3 is 5.91 Å². The first kappa shape index (κ1) is 19.0. The zero-order valence-electron chi connectivity index (χ0n) is 17.1. The Balaban J connectivity index is 1.29. The lowest BCUT2D eigenvalue weighted by atomic mass is 10.1. The van der Waals surface area contributed by atoms with Gasteiger partial charge in [0.2, 0.25) is 5.95 Å². The van der Waals surface area contributed by atoms with Crippen LogP contribution in [-0.2, 0) is 7.05 Å². The maximum Gasteiger partial charge on any atom is 0.307 e. The average molecular weight is 415 g/mol. The van der Waals surface area contributed by atoms with E-state index < -0.39 is 0 Å². The first-order chi connectivity index (χ1) is 15.1. The number of benzene rings is 1. The van der Waals surface area contributed by atoms with E-state index in [1.54, 1.807) is 17.1 Å². The number of aromatic nitrogens is 5. The SMILES string of the molecule is Cc1cnc(Nc2ccnn2C)nc1-c1coc(C(=O)N[C@@H]2C[C@H]2c2ccccc2)n1. The van der Waals surface area contributed by atoms with Crippen LogP contribution in [0.25, 0.3) is 11.4 Å². The predicted molar refractivity (Wildman–Crippen MR) is 114 cm³/mol.